The van der Waals surface area contributed by atoms with E-state index in [-0.39, 0.29) is 5.56 Å². The number of carbonyl (C=O) groups excluding carboxylic acids is 1. The number of aliphatic hydroxyl groups is 1. The molecule has 1 saturated heterocycles. The van der Waals surface area contributed by atoms with E-state index in [4.69, 9.17) is 0 Å². The number of aliphatic hydroxyl groups excluding tert-OH is 1. The van der Waals surface area contributed by atoms with Gasteiger partial charge in [-0.25, -0.2) is 4.39 Å². The summed E-state index contributed by atoms with van der Waals surface area (Å²) in [6.07, 6.45) is -1.41. The van der Waals surface area contributed by atoms with Gasteiger partial charge in [0.25, 0.3) is 5.91 Å². The lowest BCUT2D eigenvalue weighted by Crippen LogP contribution is -2.48. The van der Waals surface area contributed by atoms with E-state index in [9.17, 15) is 14.3 Å². The van der Waals surface area contributed by atoms with Gasteiger partial charge in [-0.1, -0.05) is 18.2 Å². The topological polar surface area (TPSA) is 52.6 Å². The molecule has 1 aliphatic rings. The molecule has 1 aromatic carbocycles. The van der Waals surface area contributed by atoms with Gasteiger partial charge in [-0.15, -0.1) is 0 Å². The standard InChI is InChI=1S/C12H15FN2O2/c13-10-4-2-1-3-9(10)11(16)12(17)15-7-5-14-6-8-15/h1-4,11,14,16H,5-8H2. The minimum atomic E-state index is -1.41. The van der Waals surface area contributed by atoms with Crippen LogP contribution in [0.3, 0.4) is 0 Å². The van der Waals surface area contributed by atoms with Crippen molar-refractivity contribution >= 4 is 5.91 Å². The van der Waals surface area contributed by atoms with Crippen LogP contribution in [-0.4, -0.2) is 42.1 Å². The molecular formula is C12H15FN2O2. The van der Waals surface area contributed by atoms with E-state index >= 15 is 0 Å². The van der Waals surface area contributed by atoms with Crippen LogP contribution in [0.2, 0.25) is 0 Å². The largest absolute Gasteiger partial charge is 0.378 e. The van der Waals surface area contributed by atoms with E-state index in [1.165, 1.54) is 18.2 Å². The molecule has 1 atom stereocenters. The van der Waals surface area contributed by atoms with Gasteiger partial charge in [0.1, 0.15) is 5.82 Å². The van der Waals surface area contributed by atoms with Gasteiger partial charge in [-0.2, -0.15) is 0 Å². The van der Waals surface area contributed by atoms with E-state index in [0.717, 1.165) is 0 Å². The van der Waals surface area contributed by atoms with Crippen LogP contribution in [0.25, 0.3) is 0 Å². The van der Waals surface area contributed by atoms with Crippen LogP contribution in [0.1, 0.15) is 11.7 Å². The molecule has 1 amide bonds. The molecule has 0 saturated carbocycles. The maximum atomic E-state index is 13.4. The second-order valence-electron chi connectivity index (χ2n) is 4.00. The molecule has 0 bridgehead atoms. The van der Waals surface area contributed by atoms with Crippen molar-refractivity contribution in [1.82, 2.24) is 10.2 Å². The monoisotopic (exact) mass is 238 g/mol. The fourth-order valence-corrected chi connectivity index (χ4v) is 1.89. The first-order valence-corrected chi connectivity index (χ1v) is 5.62. The molecule has 17 heavy (non-hydrogen) atoms. The third kappa shape index (κ3) is 2.62. The number of halogens is 1. The van der Waals surface area contributed by atoms with Crippen molar-refractivity contribution in [2.24, 2.45) is 0 Å². The number of nitrogens with zero attached hydrogens (tertiary/aromatic N) is 1. The Kier molecular flexibility index (Phi) is 3.71. The van der Waals surface area contributed by atoms with Crippen molar-refractivity contribution in [3.63, 3.8) is 0 Å². The summed E-state index contributed by atoms with van der Waals surface area (Å²) < 4.78 is 13.4. The van der Waals surface area contributed by atoms with Crippen LogP contribution in [0.5, 0.6) is 0 Å². The molecule has 0 aliphatic carbocycles. The first kappa shape index (κ1) is 12.0. The molecule has 0 aromatic heterocycles. The molecule has 4 nitrogen and oxygen atoms in total. The maximum Gasteiger partial charge on any atom is 0.256 e. The Morgan fingerprint density at radius 2 is 2.00 bits per heavy atom. The van der Waals surface area contributed by atoms with Crippen molar-refractivity contribution in [1.29, 1.82) is 0 Å². The average molecular weight is 238 g/mol. The minimum absolute atomic E-state index is 0.0380. The Labute approximate surface area is 99.0 Å². The lowest BCUT2D eigenvalue weighted by atomic mass is 10.1. The second kappa shape index (κ2) is 5.25. The summed E-state index contributed by atoms with van der Waals surface area (Å²) in [5.74, 6) is -0.986. The molecule has 1 aliphatic heterocycles. The van der Waals surface area contributed by atoms with Crippen molar-refractivity contribution < 1.29 is 14.3 Å². The van der Waals surface area contributed by atoms with Gasteiger partial charge in [0.15, 0.2) is 6.10 Å². The molecule has 2 N–H and O–H groups in total. The molecule has 2 rings (SSSR count). The predicted molar refractivity (Wildman–Crippen MR) is 60.8 cm³/mol. The molecule has 1 aromatic rings. The Morgan fingerprint density at radius 1 is 1.35 bits per heavy atom. The smallest absolute Gasteiger partial charge is 0.256 e. The van der Waals surface area contributed by atoms with Crippen molar-refractivity contribution in [2.75, 3.05) is 26.2 Å². The molecule has 5 heteroatoms. The van der Waals surface area contributed by atoms with Crippen LogP contribution in [-0.2, 0) is 4.79 Å². The fraction of sp³-hybridized carbons (Fsp3) is 0.417. The highest BCUT2D eigenvalue weighted by atomic mass is 19.1. The summed E-state index contributed by atoms with van der Waals surface area (Å²) >= 11 is 0. The van der Waals surface area contributed by atoms with E-state index in [1.807, 2.05) is 0 Å². The number of piperazine rings is 1. The highest BCUT2D eigenvalue weighted by molar-refractivity contribution is 5.82. The third-order valence-electron chi connectivity index (χ3n) is 2.86. The van der Waals surface area contributed by atoms with Crippen molar-refractivity contribution in [3.8, 4) is 0 Å². The Hall–Kier alpha value is -1.46. The quantitative estimate of drug-likeness (QED) is 0.778. The van der Waals surface area contributed by atoms with E-state index < -0.39 is 17.8 Å². The van der Waals surface area contributed by atoms with Crippen LogP contribution in [0.15, 0.2) is 24.3 Å². The number of rotatable bonds is 2. The summed E-state index contributed by atoms with van der Waals surface area (Å²) in [7, 11) is 0. The SMILES string of the molecule is O=C(C(O)c1ccccc1F)N1CCNCC1. The zero-order valence-electron chi connectivity index (χ0n) is 9.40. The van der Waals surface area contributed by atoms with E-state index in [1.54, 1.807) is 11.0 Å². The minimum Gasteiger partial charge on any atom is -0.378 e. The lowest BCUT2D eigenvalue weighted by molar-refractivity contribution is -0.141. The summed E-state index contributed by atoms with van der Waals surface area (Å²) in [5.41, 5.74) is 0.0380. The van der Waals surface area contributed by atoms with Crippen LogP contribution >= 0.6 is 0 Å². The van der Waals surface area contributed by atoms with Crippen LogP contribution < -0.4 is 5.32 Å². The molecule has 1 fully saturated rings. The zero-order valence-corrected chi connectivity index (χ0v) is 9.40. The van der Waals surface area contributed by atoms with E-state index in [0.29, 0.717) is 26.2 Å². The summed E-state index contributed by atoms with van der Waals surface area (Å²) in [6, 6.07) is 5.80. The van der Waals surface area contributed by atoms with Gasteiger partial charge in [0.2, 0.25) is 0 Å². The summed E-state index contributed by atoms with van der Waals surface area (Å²) in [5, 5.41) is 13.0. The second-order valence-corrected chi connectivity index (χ2v) is 4.00. The number of carbonyl (C=O) groups is 1. The third-order valence-corrected chi connectivity index (χ3v) is 2.86. The number of amides is 1. The summed E-state index contributed by atoms with van der Waals surface area (Å²) in [4.78, 5) is 13.5. The van der Waals surface area contributed by atoms with Gasteiger partial charge in [-0.05, 0) is 6.07 Å². The van der Waals surface area contributed by atoms with E-state index in [2.05, 4.69) is 5.32 Å². The zero-order chi connectivity index (χ0) is 12.3. The van der Waals surface area contributed by atoms with Crippen LogP contribution in [0.4, 0.5) is 4.39 Å². The van der Waals surface area contributed by atoms with Crippen molar-refractivity contribution in [3.05, 3.63) is 35.6 Å². The Balaban J connectivity index is 2.11. The predicted octanol–water partition coefficient (Wildman–Crippen LogP) is 0.291. The highest BCUT2D eigenvalue weighted by Crippen LogP contribution is 2.19. The van der Waals surface area contributed by atoms with Gasteiger partial charge in [-0.3, -0.25) is 4.79 Å². The number of hydrogen-bond donors (Lipinski definition) is 2. The molecule has 0 radical (unpaired) electrons. The number of benzene rings is 1. The van der Waals surface area contributed by atoms with Gasteiger partial charge in [0, 0.05) is 31.7 Å². The Bertz CT molecular complexity index is 405. The molecule has 0 spiro atoms. The first-order valence-electron chi connectivity index (χ1n) is 5.62. The molecular weight excluding hydrogens is 223 g/mol. The van der Waals surface area contributed by atoms with Gasteiger partial charge >= 0.3 is 0 Å². The van der Waals surface area contributed by atoms with Gasteiger partial charge < -0.3 is 15.3 Å². The van der Waals surface area contributed by atoms with Gasteiger partial charge in [0.05, 0.1) is 0 Å². The lowest BCUT2D eigenvalue weighted by Gasteiger charge is -2.29. The fourth-order valence-electron chi connectivity index (χ4n) is 1.89. The summed E-state index contributed by atoms with van der Waals surface area (Å²) in [6.45, 7) is 2.50. The number of nitrogens with one attached hydrogen (secondary N) is 1. The normalized spacial score (nSPS) is 17.9. The first-order chi connectivity index (χ1) is 8.20. The van der Waals surface area contributed by atoms with Crippen molar-refractivity contribution in [2.45, 2.75) is 6.10 Å². The number of hydrogen-bond acceptors (Lipinski definition) is 3. The Morgan fingerprint density at radius 3 is 2.65 bits per heavy atom. The molecule has 92 valence electrons. The highest BCUT2D eigenvalue weighted by Gasteiger charge is 2.26. The average Bonchev–Trinajstić information content (AvgIpc) is 2.39. The maximum absolute atomic E-state index is 13.4. The van der Waals surface area contributed by atoms with Crippen LogP contribution in [0, 0.1) is 5.82 Å². The molecule has 1 unspecified atom stereocenters. The molecule has 1 heterocycles.